The summed E-state index contributed by atoms with van der Waals surface area (Å²) in [6.45, 7) is 2.69. The van der Waals surface area contributed by atoms with E-state index in [1.807, 2.05) is 4.90 Å². The van der Waals surface area contributed by atoms with Gasteiger partial charge in [0.1, 0.15) is 22.4 Å². The maximum atomic E-state index is 13.8. The molecule has 9 nitrogen and oxygen atoms in total. The average Bonchev–Trinajstić information content (AvgIpc) is 3.34. The number of halogens is 6. The number of benzene rings is 3. The van der Waals surface area contributed by atoms with Crippen molar-refractivity contribution in [2.24, 2.45) is 0 Å². The zero-order valence-electron chi connectivity index (χ0n) is 26.4. The highest BCUT2D eigenvalue weighted by Gasteiger charge is 2.37. The van der Waals surface area contributed by atoms with Gasteiger partial charge >= 0.3 is 24.3 Å². The average molecular weight is 755 g/mol. The number of aromatic carboxylic acids is 1. The molecular formula is C34H28F6N2O7S2. The Hall–Kier alpha value is -4.45. The Balaban J connectivity index is 1.38. The number of carboxylic acids is 1. The molecule has 0 radical (unpaired) electrons. The Morgan fingerprint density at radius 1 is 0.922 bits per heavy atom. The van der Waals surface area contributed by atoms with Gasteiger partial charge in [0.15, 0.2) is 0 Å². The lowest BCUT2D eigenvalue weighted by molar-refractivity contribution is -0.143. The fourth-order valence-electron chi connectivity index (χ4n) is 5.10. The molecular weight excluding hydrogens is 727 g/mol. The summed E-state index contributed by atoms with van der Waals surface area (Å²) >= 11 is 6.23. The fraction of sp³-hybridized carbons (Fsp3) is 0.294. The van der Waals surface area contributed by atoms with Gasteiger partial charge in [-0.1, -0.05) is 30.0 Å². The van der Waals surface area contributed by atoms with Gasteiger partial charge in [-0.3, -0.25) is 19.4 Å². The van der Waals surface area contributed by atoms with Gasteiger partial charge < -0.3 is 19.3 Å². The van der Waals surface area contributed by atoms with Crippen LogP contribution in [0.15, 0.2) is 65.6 Å². The zero-order chi connectivity index (χ0) is 36.9. The number of amides is 1. The number of carbonyl (C=O) groups excluding carboxylic acids is 2. The fourth-order valence-corrected chi connectivity index (χ4v) is 6.41. The summed E-state index contributed by atoms with van der Waals surface area (Å²) in [5.74, 6) is -2.31. The molecule has 0 bridgehead atoms. The number of esters is 1. The maximum absolute atomic E-state index is 13.8. The number of thiocarbonyl (C=S) groups is 1. The number of morpholine rings is 1. The summed E-state index contributed by atoms with van der Waals surface area (Å²) in [5, 5.41) is 9.00. The van der Waals surface area contributed by atoms with Crippen molar-refractivity contribution in [1.82, 2.24) is 9.80 Å². The number of hydrogen-bond acceptors (Lipinski definition) is 9. The second-order valence-electron chi connectivity index (χ2n) is 11.2. The lowest BCUT2D eigenvalue weighted by Crippen LogP contribution is -2.38. The van der Waals surface area contributed by atoms with Crippen LogP contribution in [0.4, 0.5) is 26.3 Å². The van der Waals surface area contributed by atoms with Gasteiger partial charge in [-0.15, -0.1) is 0 Å². The third-order valence-corrected chi connectivity index (χ3v) is 9.09. The number of hydrogen-bond donors (Lipinski definition) is 1. The Kier molecular flexibility index (Phi) is 11.7. The second-order valence-corrected chi connectivity index (χ2v) is 12.9. The Morgan fingerprint density at radius 3 is 2.18 bits per heavy atom. The van der Waals surface area contributed by atoms with Gasteiger partial charge in [-0.2, -0.15) is 26.3 Å². The normalized spacial score (nSPS) is 16.5. The molecule has 51 heavy (non-hydrogen) atoms. The highest BCUT2D eigenvalue weighted by Crippen LogP contribution is 2.42. The SMILES string of the molecule is O=C(CCN1C(=O)/C(=C/c2ccc(OCCN3CCOCC3)c(-c3cc(C(F)(F)F)cc(C(F)(F)F)c3)c2)SC1=S)Oc1ccc(C(=O)O)cc1. The molecule has 2 aliphatic rings. The van der Waals surface area contributed by atoms with Crippen molar-refractivity contribution >= 4 is 52.2 Å². The van der Waals surface area contributed by atoms with Crippen LogP contribution in [-0.2, 0) is 26.7 Å². The number of nitrogens with zero attached hydrogens (tertiary/aromatic N) is 2. The molecule has 2 heterocycles. The molecule has 0 unspecified atom stereocenters. The van der Waals surface area contributed by atoms with Crippen LogP contribution in [0.1, 0.15) is 33.5 Å². The lowest BCUT2D eigenvalue weighted by Gasteiger charge is -2.26. The van der Waals surface area contributed by atoms with Crippen LogP contribution in [-0.4, -0.2) is 83.1 Å². The van der Waals surface area contributed by atoms with E-state index < -0.39 is 46.9 Å². The van der Waals surface area contributed by atoms with Crippen LogP contribution in [0, 0.1) is 0 Å². The molecule has 0 aliphatic carbocycles. The molecule has 2 fully saturated rings. The molecule has 2 saturated heterocycles. The molecule has 3 aromatic rings. The Morgan fingerprint density at radius 2 is 1.57 bits per heavy atom. The smallest absolute Gasteiger partial charge is 0.416 e. The van der Waals surface area contributed by atoms with E-state index in [-0.39, 0.29) is 63.1 Å². The zero-order valence-corrected chi connectivity index (χ0v) is 28.0. The monoisotopic (exact) mass is 754 g/mol. The van der Waals surface area contributed by atoms with E-state index in [0.717, 1.165) is 16.7 Å². The number of thioether (sulfide) groups is 1. The van der Waals surface area contributed by atoms with Crippen LogP contribution in [0.25, 0.3) is 17.2 Å². The van der Waals surface area contributed by atoms with E-state index in [9.17, 15) is 40.7 Å². The van der Waals surface area contributed by atoms with Crippen LogP contribution < -0.4 is 9.47 Å². The highest BCUT2D eigenvalue weighted by atomic mass is 32.2. The van der Waals surface area contributed by atoms with Crippen molar-refractivity contribution in [3.63, 3.8) is 0 Å². The first-order chi connectivity index (χ1) is 24.1. The number of rotatable bonds is 11. The summed E-state index contributed by atoms with van der Waals surface area (Å²) in [4.78, 5) is 40.0. The predicted molar refractivity (Wildman–Crippen MR) is 178 cm³/mol. The minimum atomic E-state index is -5.07. The number of carboxylic acid groups (broad SMARTS) is 1. The van der Waals surface area contributed by atoms with Gasteiger partial charge in [0.05, 0.1) is 41.2 Å². The molecule has 0 saturated carbocycles. The van der Waals surface area contributed by atoms with E-state index >= 15 is 0 Å². The van der Waals surface area contributed by atoms with E-state index in [1.165, 1.54) is 48.5 Å². The number of ether oxygens (including phenoxy) is 3. The molecule has 0 atom stereocenters. The molecule has 3 aromatic carbocycles. The maximum Gasteiger partial charge on any atom is 0.416 e. The summed E-state index contributed by atoms with van der Waals surface area (Å²) < 4.78 is 99.1. The highest BCUT2D eigenvalue weighted by molar-refractivity contribution is 8.26. The van der Waals surface area contributed by atoms with E-state index in [1.54, 1.807) is 0 Å². The third-order valence-electron chi connectivity index (χ3n) is 7.71. The van der Waals surface area contributed by atoms with Crippen molar-refractivity contribution in [3.8, 4) is 22.6 Å². The van der Waals surface area contributed by atoms with Crippen molar-refractivity contribution < 1.29 is 60.0 Å². The van der Waals surface area contributed by atoms with Crippen LogP contribution in [0.2, 0.25) is 0 Å². The molecule has 17 heteroatoms. The summed E-state index contributed by atoms with van der Waals surface area (Å²) in [6.07, 6.45) is -9.02. The van der Waals surface area contributed by atoms with E-state index in [4.69, 9.17) is 31.5 Å². The number of alkyl halides is 6. The minimum absolute atomic E-state index is 0.00176. The van der Waals surface area contributed by atoms with Crippen molar-refractivity contribution in [1.29, 1.82) is 0 Å². The molecule has 5 rings (SSSR count). The standard InChI is InChI=1S/C34H28F6N2O7S2/c35-33(36,37)23-17-22(18-24(19-23)34(38,39)40)26-15-20(1-6-27(26)48-14-11-41-9-12-47-13-10-41)16-28-30(44)42(32(50)51-28)8-7-29(43)49-25-4-2-21(3-5-25)31(45)46/h1-6,15-19H,7-14H2,(H,45,46)/b28-16-. The largest absolute Gasteiger partial charge is 0.492 e. The first kappa shape index (κ1) is 37.8. The third kappa shape index (κ3) is 9.87. The van der Waals surface area contributed by atoms with Gasteiger partial charge in [0, 0.05) is 31.7 Å². The predicted octanol–water partition coefficient (Wildman–Crippen LogP) is 7.00. The first-order valence-corrected chi connectivity index (χ1v) is 16.5. The molecule has 1 amide bonds. The second kappa shape index (κ2) is 15.8. The van der Waals surface area contributed by atoms with Crippen LogP contribution in [0.5, 0.6) is 11.5 Å². The van der Waals surface area contributed by atoms with Gasteiger partial charge in [-0.05, 0) is 71.8 Å². The van der Waals surface area contributed by atoms with E-state index in [0.29, 0.717) is 45.0 Å². The van der Waals surface area contributed by atoms with Crippen LogP contribution >= 0.6 is 24.0 Å². The molecule has 1 N–H and O–H groups in total. The minimum Gasteiger partial charge on any atom is -0.492 e. The summed E-state index contributed by atoms with van der Waals surface area (Å²) in [5.41, 5.74) is -3.17. The Labute approximate surface area is 296 Å². The van der Waals surface area contributed by atoms with Crippen molar-refractivity contribution in [3.05, 3.63) is 87.8 Å². The number of carbonyl (C=O) groups is 3. The van der Waals surface area contributed by atoms with Gasteiger partial charge in [-0.25, -0.2) is 4.79 Å². The van der Waals surface area contributed by atoms with E-state index in [2.05, 4.69) is 0 Å². The topological polar surface area (TPSA) is 106 Å². The van der Waals surface area contributed by atoms with Gasteiger partial charge in [0.25, 0.3) is 5.91 Å². The molecule has 270 valence electrons. The van der Waals surface area contributed by atoms with Crippen molar-refractivity contribution in [2.45, 2.75) is 18.8 Å². The van der Waals surface area contributed by atoms with Crippen molar-refractivity contribution in [2.75, 3.05) is 46.0 Å². The van der Waals surface area contributed by atoms with Gasteiger partial charge in [0.2, 0.25) is 0 Å². The first-order valence-electron chi connectivity index (χ1n) is 15.2. The van der Waals surface area contributed by atoms with Crippen LogP contribution in [0.3, 0.4) is 0 Å². The summed E-state index contributed by atoms with van der Waals surface area (Å²) in [7, 11) is 0. The molecule has 2 aliphatic heterocycles. The summed E-state index contributed by atoms with van der Waals surface area (Å²) in [6, 6.07) is 10.7. The quantitative estimate of drug-likeness (QED) is 0.0724. The lowest BCUT2D eigenvalue weighted by atomic mass is 9.96. The molecule has 0 spiro atoms. The Bertz CT molecular complexity index is 1810. The molecule has 0 aromatic heterocycles.